The van der Waals surface area contributed by atoms with Crippen molar-refractivity contribution in [3.8, 4) is 5.40 Å². The molecule has 0 spiro atoms. The fourth-order valence-corrected chi connectivity index (χ4v) is 0. The lowest BCUT2D eigenvalue weighted by molar-refractivity contribution is 1.39. The highest BCUT2D eigenvalue weighted by atomic mass is 32.1. The predicted molar refractivity (Wildman–Crippen MR) is 35.7 cm³/mol. The molecule has 0 bridgehead atoms. The van der Waals surface area contributed by atoms with Crippen LogP contribution in [0, 0.1) is 16.1 Å². The molecule has 0 saturated carbocycles. The van der Waals surface area contributed by atoms with Gasteiger partial charge in [-0.15, -0.1) is 0 Å². The van der Waals surface area contributed by atoms with Gasteiger partial charge in [0.1, 0.15) is 5.40 Å². The van der Waals surface area contributed by atoms with Crippen LogP contribution in [0.1, 0.15) is 0 Å². The second-order valence-electron chi connectivity index (χ2n) is 0.555. The SMILES string of the molecule is N.N#CS.N=C(N)N. The Labute approximate surface area is 53.2 Å². The van der Waals surface area contributed by atoms with Crippen molar-refractivity contribution in [2.45, 2.75) is 0 Å². The lowest BCUT2D eigenvalue weighted by atomic mass is 11.1. The van der Waals surface area contributed by atoms with Crippen LogP contribution < -0.4 is 17.6 Å². The molecule has 48 valence electrons. The summed E-state index contributed by atoms with van der Waals surface area (Å²) in [5.74, 6) is -0.333. The van der Waals surface area contributed by atoms with Gasteiger partial charge in [-0.25, -0.2) is 0 Å². The Morgan fingerprint density at radius 2 is 1.62 bits per heavy atom. The zero-order chi connectivity index (χ0) is 6.28. The molecule has 0 unspecified atom stereocenters. The van der Waals surface area contributed by atoms with Crippen molar-refractivity contribution in [3.63, 3.8) is 0 Å². The number of nitrogens with zero attached hydrogens (tertiary/aromatic N) is 1. The van der Waals surface area contributed by atoms with Crippen LogP contribution in [0.3, 0.4) is 0 Å². The van der Waals surface area contributed by atoms with Crippen LogP contribution in [0.25, 0.3) is 0 Å². The van der Waals surface area contributed by atoms with Gasteiger partial charge in [0.05, 0.1) is 0 Å². The maximum atomic E-state index is 7.18. The van der Waals surface area contributed by atoms with E-state index >= 15 is 0 Å². The number of thiocyanates is 1. The van der Waals surface area contributed by atoms with Crippen molar-refractivity contribution in [1.82, 2.24) is 6.15 Å². The summed E-state index contributed by atoms with van der Waals surface area (Å²) < 4.78 is 0. The van der Waals surface area contributed by atoms with E-state index in [9.17, 15) is 0 Å². The number of thiol groups is 1. The number of hydrogen-bond acceptors (Lipinski definition) is 4. The lowest BCUT2D eigenvalue weighted by Crippen LogP contribution is -2.20. The van der Waals surface area contributed by atoms with Crippen molar-refractivity contribution >= 4 is 18.6 Å². The van der Waals surface area contributed by atoms with Gasteiger partial charge in [-0.05, 0) is 0 Å². The third-order valence-corrected chi connectivity index (χ3v) is 0. The smallest absolute Gasteiger partial charge is 0.183 e. The summed E-state index contributed by atoms with van der Waals surface area (Å²) in [6.07, 6.45) is 0. The first-order valence-corrected chi connectivity index (χ1v) is 1.72. The number of nitrogens with two attached hydrogens (primary N) is 2. The molecule has 0 aromatic rings. The Bertz CT molecular complexity index is 78.9. The van der Waals surface area contributed by atoms with Crippen LogP contribution in [-0.2, 0) is 0 Å². The molecule has 0 fully saturated rings. The monoisotopic (exact) mass is 135 g/mol. The molecule has 0 amide bonds. The molecule has 0 heterocycles. The van der Waals surface area contributed by atoms with Crippen molar-refractivity contribution in [1.29, 1.82) is 10.7 Å². The molecular formula is C2H9N5S. The Morgan fingerprint density at radius 1 is 1.62 bits per heavy atom. The molecule has 8 N–H and O–H groups in total. The number of hydrogen-bond donors (Lipinski definition) is 5. The Hall–Kier alpha value is -0.930. The van der Waals surface area contributed by atoms with Gasteiger partial charge in [0.15, 0.2) is 5.96 Å². The van der Waals surface area contributed by atoms with Crippen LogP contribution in [0.5, 0.6) is 0 Å². The molecule has 0 radical (unpaired) electrons. The van der Waals surface area contributed by atoms with E-state index in [1.165, 1.54) is 5.40 Å². The average molecular weight is 135 g/mol. The fraction of sp³-hybridized carbons (Fsp3) is 0. The minimum Gasteiger partial charge on any atom is -0.370 e. The van der Waals surface area contributed by atoms with Gasteiger partial charge in [0.2, 0.25) is 0 Å². The summed E-state index contributed by atoms with van der Waals surface area (Å²) in [5.41, 5.74) is 8.94. The minimum atomic E-state index is -0.333. The molecule has 0 saturated heterocycles. The molecule has 5 nitrogen and oxygen atoms in total. The van der Waals surface area contributed by atoms with Gasteiger partial charge < -0.3 is 17.6 Å². The van der Waals surface area contributed by atoms with Crippen molar-refractivity contribution in [3.05, 3.63) is 0 Å². The highest BCUT2D eigenvalue weighted by molar-refractivity contribution is 7.85. The molecule has 0 rings (SSSR count). The highest BCUT2D eigenvalue weighted by Gasteiger charge is 1.52. The molecule has 0 aliphatic rings. The quantitative estimate of drug-likeness (QED) is 0.131. The molecule has 6 heteroatoms. The summed E-state index contributed by atoms with van der Waals surface area (Å²) in [6, 6.07) is 0. The number of nitrogens with one attached hydrogen (secondary N) is 1. The van der Waals surface area contributed by atoms with Crippen LogP contribution >= 0.6 is 12.6 Å². The number of nitriles is 1. The summed E-state index contributed by atoms with van der Waals surface area (Å²) >= 11 is 3.09. The number of guanidine groups is 1. The van der Waals surface area contributed by atoms with Gasteiger partial charge in [-0.3, -0.25) is 5.41 Å². The van der Waals surface area contributed by atoms with E-state index in [-0.39, 0.29) is 12.1 Å². The summed E-state index contributed by atoms with van der Waals surface area (Å²) in [7, 11) is 0. The van der Waals surface area contributed by atoms with Crippen LogP contribution in [0.4, 0.5) is 0 Å². The maximum absolute atomic E-state index is 7.18. The van der Waals surface area contributed by atoms with Crippen LogP contribution in [0.2, 0.25) is 0 Å². The largest absolute Gasteiger partial charge is 0.370 e. The van der Waals surface area contributed by atoms with Crippen molar-refractivity contribution in [2.75, 3.05) is 0 Å². The van der Waals surface area contributed by atoms with Gasteiger partial charge in [-0.2, -0.15) is 5.26 Å². The molecule has 0 aromatic heterocycles. The Kier molecular flexibility index (Phi) is 32.5. The summed E-state index contributed by atoms with van der Waals surface area (Å²) in [4.78, 5) is 0. The number of rotatable bonds is 0. The van der Waals surface area contributed by atoms with E-state index in [2.05, 4.69) is 24.1 Å². The first kappa shape index (κ1) is 15.7. The second-order valence-corrected chi connectivity index (χ2v) is 0.755. The average Bonchev–Trinajstić information content (AvgIpc) is 1.33. The summed E-state index contributed by atoms with van der Waals surface area (Å²) in [6.45, 7) is 0. The minimum absolute atomic E-state index is 0. The van der Waals surface area contributed by atoms with Gasteiger partial charge in [-0.1, -0.05) is 12.6 Å². The van der Waals surface area contributed by atoms with Crippen molar-refractivity contribution < 1.29 is 0 Å². The zero-order valence-electron chi connectivity index (χ0n) is 4.26. The van der Waals surface area contributed by atoms with E-state index < -0.39 is 0 Å². The normalized spacial score (nSPS) is 4.00. The molecule has 8 heavy (non-hydrogen) atoms. The van der Waals surface area contributed by atoms with Gasteiger partial charge in [0.25, 0.3) is 0 Å². The lowest BCUT2D eigenvalue weighted by Gasteiger charge is -1.69. The van der Waals surface area contributed by atoms with Gasteiger partial charge in [0, 0.05) is 0 Å². The first-order chi connectivity index (χ1) is 3.15. The standard InChI is InChI=1S/CH5N3.CHNS.H3N/c2-1(3)4;2-1-3;/h(H5,2,3,4);3H;1H3. The third kappa shape index (κ3) is 97.1. The Morgan fingerprint density at radius 3 is 1.62 bits per heavy atom. The van der Waals surface area contributed by atoms with Crippen LogP contribution in [-0.4, -0.2) is 5.96 Å². The van der Waals surface area contributed by atoms with E-state index in [1.54, 1.807) is 0 Å². The predicted octanol–water partition coefficient (Wildman–Crippen LogP) is -0.602. The van der Waals surface area contributed by atoms with E-state index in [0.29, 0.717) is 0 Å². The molecule has 0 aromatic carbocycles. The zero-order valence-corrected chi connectivity index (χ0v) is 5.15. The highest BCUT2D eigenvalue weighted by Crippen LogP contribution is 1.46. The molecule has 0 atom stereocenters. The van der Waals surface area contributed by atoms with Crippen LogP contribution in [0.15, 0.2) is 0 Å². The second kappa shape index (κ2) is 16.6. The van der Waals surface area contributed by atoms with E-state index in [0.717, 1.165) is 0 Å². The fourth-order valence-electron chi connectivity index (χ4n) is 0. The third-order valence-electron chi connectivity index (χ3n) is 0. The van der Waals surface area contributed by atoms with E-state index in [4.69, 9.17) is 10.7 Å². The summed E-state index contributed by atoms with van der Waals surface area (Å²) in [5, 5.41) is 14.7. The topological polar surface area (TPSA) is 135 Å². The van der Waals surface area contributed by atoms with E-state index in [1.807, 2.05) is 0 Å². The van der Waals surface area contributed by atoms with Gasteiger partial charge >= 0.3 is 0 Å². The maximum Gasteiger partial charge on any atom is 0.183 e. The molecular weight excluding hydrogens is 126 g/mol. The molecule has 0 aliphatic carbocycles. The Balaban J connectivity index is -0.0000000575. The molecule has 0 aliphatic heterocycles. The van der Waals surface area contributed by atoms with Crippen molar-refractivity contribution in [2.24, 2.45) is 11.5 Å². The first-order valence-electron chi connectivity index (χ1n) is 1.27.